The number of nitrogens with zero attached hydrogens (tertiary/aromatic N) is 2. The lowest BCUT2D eigenvalue weighted by Crippen LogP contribution is -2.29. The second kappa shape index (κ2) is 7.74. The van der Waals surface area contributed by atoms with Crippen LogP contribution >= 0.6 is 11.3 Å². The molecule has 0 aliphatic carbocycles. The summed E-state index contributed by atoms with van der Waals surface area (Å²) < 4.78 is 16.9. The van der Waals surface area contributed by atoms with Crippen molar-refractivity contribution in [3.63, 3.8) is 0 Å². The zero-order valence-electron chi connectivity index (χ0n) is 18.9. The first-order valence-corrected chi connectivity index (χ1v) is 11.2. The van der Waals surface area contributed by atoms with Gasteiger partial charge in [0.25, 0.3) is 5.91 Å². The van der Waals surface area contributed by atoms with Crippen molar-refractivity contribution in [1.82, 2.24) is 4.98 Å². The molecule has 0 saturated heterocycles. The van der Waals surface area contributed by atoms with Gasteiger partial charge in [-0.1, -0.05) is 17.7 Å². The Bertz CT molecular complexity index is 1470. The molecule has 5 rings (SSSR count). The van der Waals surface area contributed by atoms with Crippen molar-refractivity contribution in [2.45, 2.75) is 26.8 Å². The topological polar surface area (TPSA) is 81.9 Å². The van der Waals surface area contributed by atoms with E-state index in [1.807, 2.05) is 32.9 Å². The van der Waals surface area contributed by atoms with Crippen molar-refractivity contribution < 1.29 is 18.7 Å². The van der Waals surface area contributed by atoms with Crippen molar-refractivity contribution in [1.29, 1.82) is 0 Å². The van der Waals surface area contributed by atoms with E-state index in [1.165, 1.54) is 11.3 Å². The first-order valence-electron chi connectivity index (χ1n) is 10.4. The summed E-state index contributed by atoms with van der Waals surface area (Å²) in [5.74, 6) is 0.711. The molecule has 3 heterocycles. The molecule has 0 bridgehead atoms. The third-order valence-electron chi connectivity index (χ3n) is 5.97. The first-order chi connectivity index (χ1) is 15.8. The normalized spacial score (nSPS) is 15.2. The first kappa shape index (κ1) is 21.2. The maximum absolute atomic E-state index is 13.7. The molecule has 8 heteroatoms. The number of amides is 1. The van der Waals surface area contributed by atoms with Gasteiger partial charge in [0.1, 0.15) is 5.58 Å². The number of aryl methyl sites for hydroxylation is 3. The van der Waals surface area contributed by atoms with E-state index in [9.17, 15) is 9.59 Å². The number of hydrogen-bond donors (Lipinski definition) is 0. The number of aromatic nitrogens is 1. The molecule has 0 radical (unpaired) electrons. The van der Waals surface area contributed by atoms with E-state index >= 15 is 0 Å². The fourth-order valence-electron chi connectivity index (χ4n) is 4.18. The Morgan fingerprint density at radius 3 is 2.42 bits per heavy atom. The molecule has 1 aliphatic rings. The average molecular weight is 463 g/mol. The fraction of sp³-hybridized carbons (Fsp3) is 0.240. The fourth-order valence-corrected chi connectivity index (χ4v) is 5.12. The van der Waals surface area contributed by atoms with Crippen LogP contribution in [0.1, 0.15) is 43.9 Å². The molecule has 7 nitrogen and oxygen atoms in total. The number of anilines is 1. The van der Waals surface area contributed by atoms with Gasteiger partial charge in [-0.25, -0.2) is 4.98 Å². The van der Waals surface area contributed by atoms with Crippen LogP contribution in [0.3, 0.4) is 0 Å². The van der Waals surface area contributed by atoms with E-state index in [1.54, 1.807) is 43.4 Å². The number of carbonyl (C=O) groups excluding carboxylic acids is 1. The standard InChI is InChI=1S/C25H22N2O5S/c1-12-6-8-17-16(10-12)22(28)20-21(15-7-9-18(30-4)19(11-15)31-5)27(24(29)23(20)32-17)25-26-13(2)14(3)33-25/h6-11,21H,1-5H3/t21-/m0/s1. The van der Waals surface area contributed by atoms with Gasteiger partial charge in [0.05, 0.1) is 36.9 Å². The Kier molecular flexibility index (Phi) is 4.97. The van der Waals surface area contributed by atoms with Crippen LogP contribution in [-0.2, 0) is 0 Å². The second-order valence-electron chi connectivity index (χ2n) is 8.00. The van der Waals surface area contributed by atoms with Crippen LogP contribution in [0.2, 0.25) is 0 Å². The Hall–Kier alpha value is -3.65. The van der Waals surface area contributed by atoms with Gasteiger partial charge in [-0.05, 0) is 50.6 Å². The van der Waals surface area contributed by atoms with Crippen molar-refractivity contribution in [3.05, 3.63) is 79.6 Å². The monoisotopic (exact) mass is 462 g/mol. The van der Waals surface area contributed by atoms with Gasteiger partial charge < -0.3 is 13.9 Å². The average Bonchev–Trinajstić information content (AvgIpc) is 3.29. The van der Waals surface area contributed by atoms with E-state index < -0.39 is 11.9 Å². The van der Waals surface area contributed by atoms with Crippen LogP contribution in [0.15, 0.2) is 45.6 Å². The molecule has 1 amide bonds. The lowest BCUT2D eigenvalue weighted by atomic mass is 9.98. The van der Waals surface area contributed by atoms with Crippen LogP contribution in [0.4, 0.5) is 5.13 Å². The van der Waals surface area contributed by atoms with E-state index in [0.29, 0.717) is 38.7 Å². The van der Waals surface area contributed by atoms with E-state index in [4.69, 9.17) is 13.9 Å². The molecule has 0 N–H and O–H groups in total. The van der Waals surface area contributed by atoms with E-state index in [0.717, 1.165) is 16.1 Å². The maximum Gasteiger partial charge on any atom is 0.297 e. The number of ether oxygens (including phenoxy) is 2. The zero-order valence-corrected chi connectivity index (χ0v) is 19.7. The van der Waals surface area contributed by atoms with Gasteiger partial charge in [-0.3, -0.25) is 14.5 Å². The highest BCUT2D eigenvalue weighted by molar-refractivity contribution is 7.15. The van der Waals surface area contributed by atoms with Crippen molar-refractivity contribution in [3.8, 4) is 11.5 Å². The lowest BCUT2D eigenvalue weighted by molar-refractivity contribution is 0.0971. The molecule has 0 saturated carbocycles. The van der Waals surface area contributed by atoms with Gasteiger partial charge in [-0.15, -0.1) is 11.3 Å². The van der Waals surface area contributed by atoms with Crippen LogP contribution in [0.25, 0.3) is 11.0 Å². The summed E-state index contributed by atoms with van der Waals surface area (Å²) in [5, 5.41) is 0.959. The highest BCUT2D eigenvalue weighted by Gasteiger charge is 2.45. The van der Waals surface area contributed by atoms with E-state index in [2.05, 4.69) is 4.98 Å². The quantitative estimate of drug-likeness (QED) is 0.427. The van der Waals surface area contributed by atoms with Gasteiger partial charge in [0.15, 0.2) is 22.1 Å². The molecule has 0 fully saturated rings. The molecule has 1 atom stereocenters. The lowest BCUT2D eigenvalue weighted by Gasteiger charge is -2.23. The molecular weight excluding hydrogens is 440 g/mol. The summed E-state index contributed by atoms with van der Waals surface area (Å²) in [5.41, 5.74) is 2.93. The van der Waals surface area contributed by atoms with Crippen LogP contribution in [0.5, 0.6) is 11.5 Å². The van der Waals surface area contributed by atoms with Gasteiger partial charge in [0.2, 0.25) is 5.76 Å². The summed E-state index contributed by atoms with van der Waals surface area (Å²) in [7, 11) is 3.10. The van der Waals surface area contributed by atoms with Crippen molar-refractivity contribution in [2.75, 3.05) is 19.1 Å². The molecule has 4 aromatic rings. The largest absolute Gasteiger partial charge is 0.493 e. The second-order valence-corrected chi connectivity index (χ2v) is 9.19. The summed E-state index contributed by atoms with van der Waals surface area (Å²) in [6, 6.07) is 10.0. The van der Waals surface area contributed by atoms with Crippen molar-refractivity contribution >= 4 is 33.3 Å². The Morgan fingerprint density at radius 1 is 1.00 bits per heavy atom. The molecule has 33 heavy (non-hydrogen) atoms. The number of benzene rings is 2. The minimum absolute atomic E-state index is 0.0432. The summed E-state index contributed by atoms with van der Waals surface area (Å²) >= 11 is 1.41. The molecule has 1 aliphatic heterocycles. The number of methoxy groups -OCH3 is 2. The highest BCUT2D eigenvalue weighted by atomic mass is 32.1. The third-order valence-corrected chi connectivity index (χ3v) is 7.04. The predicted molar refractivity (Wildman–Crippen MR) is 127 cm³/mol. The molecular formula is C25H22N2O5S. The van der Waals surface area contributed by atoms with Crippen LogP contribution < -0.4 is 19.8 Å². The molecule has 2 aromatic heterocycles. The van der Waals surface area contributed by atoms with E-state index in [-0.39, 0.29) is 11.2 Å². The van der Waals surface area contributed by atoms with Gasteiger partial charge in [0, 0.05) is 4.88 Å². The minimum atomic E-state index is -0.710. The Morgan fingerprint density at radius 2 is 1.76 bits per heavy atom. The molecule has 0 unspecified atom stereocenters. The predicted octanol–water partition coefficient (Wildman–Crippen LogP) is 4.94. The van der Waals surface area contributed by atoms with Crippen LogP contribution in [0, 0.1) is 20.8 Å². The maximum atomic E-state index is 13.7. The Labute approximate surface area is 194 Å². The van der Waals surface area contributed by atoms with Crippen molar-refractivity contribution in [2.24, 2.45) is 0 Å². The number of hydrogen-bond acceptors (Lipinski definition) is 7. The van der Waals surface area contributed by atoms with Gasteiger partial charge >= 0.3 is 0 Å². The Balaban J connectivity index is 1.82. The number of fused-ring (bicyclic) bond motifs is 2. The molecule has 2 aromatic carbocycles. The minimum Gasteiger partial charge on any atom is -0.493 e. The highest BCUT2D eigenvalue weighted by Crippen LogP contribution is 2.44. The van der Waals surface area contributed by atoms with Crippen LogP contribution in [-0.4, -0.2) is 25.1 Å². The zero-order chi connectivity index (χ0) is 23.4. The van der Waals surface area contributed by atoms with Gasteiger partial charge in [-0.2, -0.15) is 0 Å². The third kappa shape index (κ3) is 3.21. The summed E-state index contributed by atoms with van der Waals surface area (Å²) in [4.78, 5) is 34.5. The molecule has 0 spiro atoms. The number of thiazole rings is 1. The number of rotatable bonds is 4. The smallest absolute Gasteiger partial charge is 0.297 e. The molecule has 168 valence electrons. The summed E-state index contributed by atoms with van der Waals surface area (Å²) in [6.07, 6.45) is 0. The SMILES string of the molecule is COc1ccc([C@H]2c3c(oc4ccc(C)cc4c3=O)C(=O)N2c2nc(C)c(C)s2)cc1OC. The number of carbonyl (C=O) groups is 1. The summed E-state index contributed by atoms with van der Waals surface area (Å²) in [6.45, 7) is 5.77.